The largest absolute Gasteiger partial charge is 0.512 e. The molecule has 2 heterocycles. The zero-order chi connectivity index (χ0) is 30.5. The predicted molar refractivity (Wildman–Crippen MR) is 183 cm³/mol. The van der Waals surface area contributed by atoms with E-state index in [4.69, 9.17) is 10.1 Å². The van der Waals surface area contributed by atoms with Gasteiger partial charge in [0.25, 0.3) is 0 Å². The normalized spacial score (nSPS) is 11.3. The van der Waals surface area contributed by atoms with Crippen LogP contribution >= 0.6 is 11.3 Å². The Bertz CT molecular complexity index is 1920. The molecule has 0 amide bonds. The number of allylic oxidation sites excluding steroid dienone is 2. The Morgan fingerprint density at radius 1 is 0.932 bits per heavy atom. The second-order valence-corrected chi connectivity index (χ2v) is 12.3. The van der Waals surface area contributed by atoms with E-state index in [9.17, 15) is 4.79 Å². The van der Waals surface area contributed by atoms with Gasteiger partial charge in [-0.2, -0.15) is 11.3 Å². The van der Waals surface area contributed by atoms with Gasteiger partial charge in [0.1, 0.15) is 0 Å². The summed E-state index contributed by atoms with van der Waals surface area (Å²) >= 11 is 1.83. The molecule has 0 spiro atoms. The number of carbonyl (C=O) groups excluding carboxylic acids is 1. The van der Waals surface area contributed by atoms with Crippen LogP contribution in [0.15, 0.2) is 109 Å². The molecular formula is C39H36IrNO2S-. The van der Waals surface area contributed by atoms with Gasteiger partial charge < -0.3 is 10.1 Å². The Labute approximate surface area is 277 Å². The number of benzene rings is 4. The fourth-order valence-corrected chi connectivity index (χ4v) is 6.71. The summed E-state index contributed by atoms with van der Waals surface area (Å²) in [7, 11) is 0. The Morgan fingerprint density at radius 3 is 2.18 bits per heavy atom. The first-order valence-corrected chi connectivity index (χ1v) is 15.4. The van der Waals surface area contributed by atoms with Gasteiger partial charge in [-0.1, -0.05) is 109 Å². The van der Waals surface area contributed by atoms with Crippen LogP contribution in [0.1, 0.15) is 38.8 Å². The summed E-state index contributed by atoms with van der Waals surface area (Å²) < 4.78 is 1.18. The first-order chi connectivity index (χ1) is 20.7. The summed E-state index contributed by atoms with van der Waals surface area (Å²) in [6.07, 6.45) is 4.19. The molecule has 44 heavy (non-hydrogen) atoms. The van der Waals surface area contributed by atoms with Crippen LogP contribution < -0.4 is 0 Å². The van der Waals surface area contributed by atoms with E-state index in [1.807, 2.05) is 17.5 Å². The van der Waals surface area contributed by atoms with Gasteiger partial charge in [0.2, 0.25) is 0 Å². The van der Waals surface area contributed by atoms with Crippen LogP contribution in [0.25, 0.3) is 53.7 Å². The van der Waals surface area contributed by atoms with Crippen LogP contribution in [-0.4, -0.2) is 15.9 Å². The Morgan fingerprint density at radius 2 is 1.59 bits per heavy atom. The van der Waals surface area contributed by atoms with Gasteiger partial charge in [-0.3, -0.25) is 4.79 Å². The molecule has 225 valence electrons. The molecule has 0 bridgehead atoms. The zero-order valence-electron chi connectivity index (χ0n) is 25.6. The smallest absolute Gasteiger partial charge is 0.155 e. The Kier molecular flexibility index (Phi) is 11.0. The van der Waals surface area contributed by atoms with Crippen LogP contribution in [-0.2, 0) is 31.3 Å². The third-order valence-electron chi connectivity index (χ3n) is 7.21. The van der Waals surface area contributed by atoms with E-state index in [0.717, 1.165) is 17.7 Å². The average Bonchev–Trinajstić information content (AvgIpc) is 3.32. The maximum Gasteiger partial charge on any atom is 0.155 e. The van der Waals surface area contributed by atoms with E-state index in [-0.39, 0.29) is 31.6 Å². The topological polar surface area (TPSA) is 50.2 Å². The summed E-state index contributed by atoms with van der Waals surface area (Å²) in [5, 5.41) is 12.1. The molecular weight excluding hydrogens is 739 g/mol. The number of pyridine rings is 1. The van der Waals surface area contributed by atoms with Crippen molar-refractivity contribution in [1.82, 2.24) is 4.98 Å². The molecule has 0 saturated heterocycles. The number of aromatic nitrogens is 1. The number of thiophene rings is 1. The molecule has 0 aliphatic rings. The number of ketones is 1. The van der Waals surface area contributed by atoms with Crippen LogP contribution in [0.2, 0.25) is 0 Å². The van der Waals surface area contributed by atoms with Crippen molar-refractivity contribution in [3.8, 4) is 32.8 Å². The third-order valence-corrected chi connectivity index (χ3v) is 8.47. The van der Waals surface area contributed by atoms with Crippen LogP contribution in [0, 0.1) is 18.9 Å². The first kappa shape index (κ1) is 33.0. The van der Waals surface area contributed by atoms with Crippen molar-refractivity contribution in [3.05, 3.63) is 126 Å². The first-order valence-electron chi connectivity index (χ1n) is 14.6. The van der Waals surface area contributed by atoms with Gasteiger partial charge in [0, 0.05) is 37.3 Å². The molecule has 1 radical (unpaired) electrons. The minimum atomic E-state index is -0.125. The van der Waals surface area contributed by atoms with E-state index in [2.05, 4.69) is 118 Å². The molecule has 3 nitrogen and oxygen atoms in total. The molecule has 5 heteroatoms. The summed E-state index contributed by atoms with van der Waals surface area (Å²) in [6.45, 7) is 9.63. The molecule has 0 saturated carbocycles. The van der Waals surface area contributed by atoms with Crippen molar-refractivity contribution in [3.63, 3.8) is 0 Å². The number of hydrogen-bond acceptors (Lipinski definition) is 4. The van der Waals surface area contributed by atoms with Gasteiger partial charge in [-0.25, -0.2) is 0 Å². The fourth-order valence-electron chi connectivity index (χ4n) is 5.47. The molecule has 0 aliphatic carbocycles. The average molecular weight is 775 g/mol. The summed E-state index contributed by atoms with van der Waals surface area (Å²) in [6, 6.07) is 36.4. The number of carbonyl (C=O) groups is 1. The third kappa shape index (κ3) is 7.60. The quantitative estimate of drug-likeness (QED) is 0.104. The molecule has 1 N–H and O–H groups in total. The number of aryl methyl sites for hydroxylation is 1. The maximum absolute atomic E-state index is 10.0. The van der Waals surface area contributed by atoms with E-state index in [0.29, 0.717) is 5.92 Å². The van der Waals surface area contributed by atoms with Crippen LogP contribution in [0.5, 0.6) is 0 Å². The SMILES string of the molecule is CC(=O)/C=C(/C)O.Cc1c(-c2ccccc2)sc2[c-]c(-c3nccc4cc(CC(C)C)ccc34)cc(-c3ccccc3)c12.[Ir]. The van der Waals surface area contributed by atoms with Gasteiger partial charge >= 0.3 is 0 Å². The molecule has 2 aromatic heterocycles. The number of hydrogen-bond donors (Lipinski definition) is 1. The minimum Gasteiger partial charge on any atom is -0.512 e. The van der Waals surface area contributed by atoms with Crippen molar-refractivity contribution in [2.45, 2.75) is 41.0 Å². The zero-order valence-corrected chi connectivity index (χ0v) is 28.9. The monoisotopic (exact) mass is 775 g/mol. The molecule has 0 atom stereocenters. The van der Waals surface area contributed by atoms with E-state index >= 15 is 0 Å². The van der Waals surface area contributed by atoms with Crippen molar-refractivity contribution in [2.75, 3.05) is 0 Å². The van der Waals surface area contributed by atoms with E-state index < -0.39 is 0 Å². The van der Waals surface area contributed by atoms with E-state index in [1.165, 1.54) is 73.5 Å². The van der Waals surface area contributed by atoms with Gasteiger partial charge in [-0.15, -0.1) is 17.7 Å². The Hall–Kier alpha value is -3.89. The molecule has 0 fully saturated rings. The van der Waals surface area contributed by atoms with Crippen molar-refractivity contribution in [2.24, 2.45) is 5.92 Å². The molecule has 6 aromatic rings. The minimum absolute atomic E-state index is 0. The molecule has 0 unspecified atom stereocenters. The van der Waals surface area contributed by atoms with Crippen molar-refractivity contribution in [1.29, 1.82) is 0 Å². The number of rotatable bonds is 6. The maximum atomic E-state index is 10.0. The number of fused-ring (bicyclic) bond motifs is 2. The number of nitrogens with zero attached hydrogens (tertiary/aromatic N) is 1. The molecule has 4 aromatic carbocycles. The van der Waals surface area contributed by atoms with Crippen LogP contribution in [0.3, 0.4) is 0 Å². The molecule has 0 aliphatic heterocycles. The number of aliphatic hydroxyl groups excluding tert-OH is 1. The summed E-state index contributed by atoms with van der Waals surface area (Å²) in [5.41, 5.74) is 8.45. The van der Waals surface area contributed by atoms with Gasteiger partial charge in [0.05, 0.1) is 5.76 Å². The van der Waals surface area contributed by atoms with E-state index in [1.54, 1.807) is 0 Å². The van der Waals surface area contributed by atoms with Crippen molar-refractivity contribution >= 4 is 38.0 Å². The predicted octanol–water partition coefficient (Wildman–Crippen LogP) is 10.8. The van der Waals surface area contributed by atoms with Crippen LogP contribution in [0.4, 0.5) is 0 Å². The van der Waals surface area contributed by atoms with Crippen molar-refractivity contribution < 1.29 is 30.0 Å². The summed E-state index contributed by atoms with van der Waals surface area (Å²) in [5.74, 6) is 0.571. The second kappa shape index (κ2) is 14.7. The number of aliphatic hydroxyl groups is 1. The standard InChI is InChI=1S/C34H28NS.C5H8O2.Ir/c1-22(2)18-24-14-15-29-27(19-24)16-17-35-33(29)28-20-30(25-10-6-4-7-11-25)32-23(3)34(36-31(32)21-28)26-12-8-5-9-13-26;1-4(6)3-5(2)7;/h4-17,19-20,22H,18H2,1-3H3;3,6H,1-2H3;/q-1;;/b;4-3-;. The summed E-state index contributed by atoms with van der Waals surface area (Å²) in [4.78, 5) is 16.2. The fraction of sp³-hybridized carbons (Fsp3) is 0.179. The second-order valence-electron chi connectivity index (χ2n) is 11.3. The Balaban J connectivity index is 0.000000497. The molecule has 6 rings (SSSR count). The van der Waals surface area contributed by atoms with Gasteiger partial charge in [-0.05, 0) is 77.0 Å². The van der Waals surface area contributed by atoms with Gasteiger partial charge in [0.15, 0.2) is 5.78 Å².